The number of benzene rings is 2. The summed E-state index contributed by atoms with van der Waals surface area (Å²) in [7, 11) is 0. The molecule has 0 bridgehead atoms. The molecule has 3 rings (SSSR count). The van der Waals surface area contributed by atoms with Crippen LogP contribution in [0.5, 0.6) is 5.75 Å². The number of ether oxygens (including phenoxy) is 1. The maximum Gasteiger partial charge on any atom is 0.123 e. The van der Waals surface area contributed by atoms with Crippen molar-refractivity contribution in [3.8, 4) is 5.75 Å². The lowest BCUT2D eigenvalue weighted by molar-refractivity contribution is 0.302. The Morgan fingerprint density at radius 1 is 1.14 bits per heavy atom. The van der Waals surface area contributed by atoms with Crippen LogP contribution in [0, 0.1) is 12.7 Å². The second-order valence-corrected chi connectivity index (χ2v) is 5.91. The van der Waals surface area contributed by atoms with Crippen molar-refractivity contribution in [2.45, 2.75) is 32.3 Å². The van der Waals surface area contributed by atoms with Gasteiger partial charge in [-0.3, -0.25) is 0 Å². The van der Waals surface area contributed by atoms with E-state index in [-0.39, 0.29) is 5.82 Å². The number of hydrogen-bond donors (Lipinski definition) is 1. The lowest BCUT2D eigenvalue weighted by atomic mass is 9.87. The zero-order valence-electron chi connectivity index (χ0n) is 12.9. The predicted molar refractivity (Wildman–Crippen MR) is 86.8 cm³/mol. The summed E-state index contributed by atoms with van der Waals surface area (Å²) in [5, 5.41) is 3.40. The lowest BCUT2D eigenvalue weighted by Gasteiger charge is -2.25. The van der Waals surface area contributed by atoms with Crippen LogP contribution >= 0.6 is 0 Å². The highest BCUT2D eigenvalue weighted by atomic mass is 19.1. The fourth-order valence-electron chi connectivity index (χ4n) is 3.15. The van der Waals surface area contributed by atoms with Crippen LogP contribution in [0.25, 0.3) is 0 Å². The van der Waals surface area contributed by atoms with Gasteiger partial charge in [0.1, 0.15) is 18.2 Å². The molecule has 3 heteroatoms. The molecule has 22 heavy (non-hydrogen) atoms. The normalized spacial score (nSPS) is 15.7. The van der Waals surface area contributed by atoms with E-state index < -0.39 is 0 Å². The first-order valence-corrected chi connectivity index (χ1v) is 7.91. The highest BCUT2D eigenvalue weighted by molar-refractivity contribution is 5.41. The predicted octanol–water partition coefficient (Wildman–Crippen LogP) is 4.18. The van der Waals surface area contributed by atoms with E-state index >= 15 is 0 Å². The summed E-state index contributed by atoms with van der Waals surface area (Å²) >= 11 is 0. The molecule has 1 N–H and O–H groups in total. The van der Waals surface area contributed by atoms with Crippen LogP contribution in [0.3, 0.4) is 0 Å². The molecule has 1 aliphatic heterocycles. The number of halogens is 1. The fourth-order valence-corrected chi connectivity index (χ4v) is 3.15. The quantitative estimate of drug-likeness (QED) is 0.914. The summed E-state index contributed by atoms with van der Waals surface area (Å²) in [4.78, 5) is 0. The molecule has 116 valence electrons. The molecule has 1 heterocycles. The molecule has 0 atom stereocenters. The summed E-state index contributed by atoms with van der Waals surface area (Å²) < 4.78 is 19.1. The Balaban J connectivity index is 1.73. The summed E-state index contributed by atoms with van der Waals surface area (Å²) in [6.07, 6.45) is 2.35. The number of piperidine rings is 1. The van der Waals surface area contributed by atoms with E-state index in [2.05, 4.69) is 24.4 Å². The Labute approximate surface area is 131 Å². The zero-order chi connectivity index (χ0) is 15.4. The molecule has 0 radical (unpaired) electrons. The summed E-state index contributed by atoms with van der Waals surface area (Å²) in [6, 6.07) is 12.8. The van der Waals surface area contributed by atoms with Crippen LogP contribution in [0.15, 0.2) is 42.5 Å². The maximum atomic E-state index is 13.2. The van der Waals surface area contributed by atoms with Gasteiger partial charge in [0.25, 0.3) is 0 Å². The number of rotatable bonds is 4. The molecule has 0 spiro atoms. The Bertz CT molecular complexity index is 635. The van der Waals surface area contributed by atoms with Crippen LogP contribution in [0.4, 0.5) is 4.39 Å². The molecule has 1 fully saturated rings. The summed E-state index contributed by atoms with van der Waals surface area (Å²) in [6.45, 7) is 4.68. The first-order chi connectivity index (χ1) is 10.7. The van der Waals surface area contributed by atoms with Crippen LogP contribution < -0.4 is 10.1 Å². The monoisotopic (exact) mass is 299 g/mol. The average Bonchev–Trinajstić information content (AvgIpc) is 2.55. The SMILES string of the molecule is Cc1c(OCc2cccc(F)c2)cccc1C1CCNCC1. The lowest BCUT2D eigenvalue weighted by Crippen LogP contribution is -2.27. The topological polar surface area (TPSA) is 21.3 Å². The minimum absolute atomic E-state index is 0.221. The standard InChI is InChI=1S/C19H22FNO/c1-14-18(16-8-10-21-11-9-16)6-3-7-19(14)22-13-15-4-2-5-17(20)12-15/h2-7,12,16,21H,8-11,13H2,1H3. The van der Waals surface area contributed by atoms with Crippen molar-refractivity contribution in [3.05, 3.63) is 65.0 Å². The highest BCUT2D eigenvalue weighted by Gasteiger charge is 2.18. The van der Waals surface area contributed by atoms with E-state index in [1.54, 1.807) is 6.07 Å². The molecule has 1 aliphatic rings. The van der Waals surface area contributed by atoms with E-state index in [0.717, 1.165) is 24.4 Å². The Morgan fingerprint density at radius 3 is 2.68 bits per heavy atom. The van der Waals surface area contributed by atoms with E-state index in [9.17, 15) is 4.39 Å². The third-order valence-corrected chi connectivity index (χ3v) is 4.39. The molecule has 2 aromatic carbocycles. The molecule has 2 nitrogen and oxygen atoms in total. The molecule has 0 saturated carbocycles. The van der Waals surface area contributed by atoms with Gasteiger partial charge in [-0.2, -0.15) is 0 Å². The molecule has 0 aromatic heterocycles. The van der Waals surface area contributed by atoms with Crippen LogP contribution in [-0.2, 0) is 6.61 Å². The minimum Gasteiger partial charge on any atom is -0.489 e. The van der Waals surface area contributed by atoms with E-state index in [4.69, 9.17) is 4.74 Å². The van der Waals surface area contributed by atoms with Crippen molar-refractivity contribution < 1.29 is 9.13 Å². The van der Waals surface area contributed by atoms with Gasteiger partial charge in [0.05, 0.1) is 0 Å². The van der Waals surface area contributed by atoms with Crippen molar-refractivity contribution in [1.82, 2.24) is 5.32 Å². The van der Waals surface area contributed by atoms with Gasteiger partial charge < -0.3 is 10.1 Å². The van der Waals surface area contributed by atoms with Gasteiger partial charge in [0, 0.05) is 0 Å². The average molecular weight is 299 g/mol. The van der Waals surface area contributed by atoms with Gasteiger partial charge in [-0.1, -0.05) is 24.3 Å². The molecule has 1 saturated heterocycles. The van der Waals surface area contributed by atoms with Crippen LogP contribution in [0.2, 0.25) is 0 Å². The third kappa shape index (κ3) is 3.47. The largest absolute Gasteiger partial charge is 0.489 e. The molecule has 0 unspecified atom stereocenters. The molecular weight excluding hydrogens is 277 g/mol. The van der Waals surface area contributed by atoms with Gasteiger partial charge in [-0.25, -0.2) is 4.39 Å². The number of nitrogens with one attached hydrogen (secondary N) is 1. The first-order valence-electron chi connectivity index (χ1n) is 7.91. The van der Waals surface area contributed by atoms with Gasteiger partial charge >= 0.3 is 0 Å². The second-order valence-electron chi connectivity index (χ2n) is 5.91. The smallest absolute Gasteiger partial charge is 0.123 e. The molecule has 0 amide bonds. The zero-order valence-corrected chi connectivity index (χ0v) is 12.9. The Kier molecular flexibility index (Phi) is 4.74. The van der Waals surface area contributed by atoms with E-state index in [1.807, 2.05) is 12.1 Å². The highest BCUT2D eigenvalue weighted by Crippen LogP contribution is 2.32. The van der Waals surface area contributed by atoms with Crippen LogP contribution in [-0.4, -0.2) is 13.1 Å². The van der Waals surface area contributed by atoms with Crippen molar-refractivity contribution in [3.63, 3.8) is 0 Å². The van der Waals surface area contributed by atoms with E-state index in [1.165, 1.54) is 36.1 Å². The van der Waals surface area contributed by atoms with Gasteiger partial charge in [-0.05, 0) is 73.7 Å². The summed E-state index contributed by atoms with van der Waals surface area (Å²) in [5.74, 6) is 1.29. The fraction of sp³-hybridized carbons (Fsp3) is 0.368. The molecule has 0 aliphatic carbocycles. The summed E-state index contributed by atoms with van der Waals surface area (Å²) in [5.41, 5.74) is 3.45. The Hall–Kier alpha value is -1.87. The van der Waals surface area contributed by atoms with Crippen LogP contribution in [0.1, 0.15) is 35.4 Å². The van der Waals surface area contributed by atoms with Crippen molar-refractivity contribution >= 4 is 0 Å². The van der Waals surface area contributed by atoms with Crippen molar-refractivity contribution in [1.29, 1.82) is 0 Å². The molecular formula is C19H22FNO. The van der Waals surface area contributed by atoms with Crippen molar-refractivity contribution in [2.24, 2.45) is 0 Å². The number of hydrogen-bond acceptors (Lipinski definition) is 2. The van der Waals surface area contributed by atoms with Gasteiger partial charge in [0.2, 0.25) is 0 Å². The molecule has 2 aromatic rings. The Morgan fingerprint density at radius 2 is 1.91 bits per heavy atom. The maximum absolute atomic E-state index is 13.2. The van der Waals surface area contributed by atoms with Gasteiger partial charge in [0.15, 0.2) is 0 Å². The third-order valence-electron chi connectivity index (χ3n) is 4.39. The first kappa shape index (κ1) is 15.0. The van der Waals surface area contributed by atoms with Crippen molar-refractivity contribution in [2.75, 3.05) is 13.1 Å². The minimum atomic E-state index is -0.221. The van der Waals surface area contributed by atoms with Gasteiger partial charge in [-0.15, -0.1) is 0 Å². The second kappa shape index (κ2) is 6.93. The van der Waals surface area contributed by atoms with E-state index in [0.29, 0.717) is 12.5 Å².